The molecule has 0 bridgehead atoms. The first-order valence-electron chi connectivity index (χ1n) is 9.93. The van der Waals surface area contributed by atoms with Gasteiger partial charge in [-0.05, 0) is 47.5 Å². The highest BCUT2D eigenvalue weighted by Crippen LogP contribution is 2.28. The van der Waals surface area contributed by atoms with E-state index in [1.165, 1.54) is 6.20 Å². The van der Waals surface area contributed by atoms with Crippen LogP contribution in [0, 0.1) is 6.92 Å². The molecule has 0 fully saturated rings. The van der Waals surface area contributed by atoms with Crippen molar-refractivity contribution in [2.75, 3.05) is 6.54 Å². The van der Waals surface area contributed by atoms with Crippen LogP contribution in [0.2, 0.25) is 0 Å². The van der Waals surface area contributed by atoms with Gasteiger partial charge in [-0.25, -0.2) is 8.42 Å². The van der Waals surface area contributed by atoms with Gasteiger partial charge in [0.25, 0.3) is 5.91 Å². The topological polar surface area (TPSA) is 76.1 Å². The minimum Gasteiger partial charge on any atom is -0.350 e. The van der Waals surface area contributed by atoms with E-state index < -0.39 is 15.1 Å². The van der Waals surface area contributed by atoms with E-state index in [2.05, 4.69) is 10.3 Å². The molecule has 5 nitrogen and oxygen atoms in total. The molecule has 156 valence electrons. The summed E-state index contributed by atoms with van der Waals surface area (Å²) >= 11 is 0. The van der Waals surface area contributed by atoms with Crippen LogP contribution in [0.5, 0.6) is 0 Å². The highest BCUT2D eigenvalue weighted by Gasteiger charge is 2.30. The lowest BCUT2D eigenvalue weighted by Crippen LogP contribution is -2.32. The first-order chi connectivity index (χ1) is 15.0. The van der Waals surface area contributed by atoms with Gasteiger partial charge in [-0.2, -0.15) is 0 Å². The Morgan fingerprint density at radius 1 is 0.935 bits per heavy atom. The molecule has 0 saturated heterocycles. The molecule has 0 radical (unpaired) electrons. The average Bonchev–Trinajstić information content (AvgIpc) is 2.79. The summed E-state index contributed by atoms with van der Waals surface area (Å²) in [5.41, 5.74) is 2.01. The lowest BCUT2D eigenvalue weighted by atomic mass is 10.0. The van der Waals surface area contributed by atoms with Crippen molar-refractivity contribution in [3.63, 3.8) is 0 Å². The Bertz CT molecular complexity index is 1310. The van der Waals surface area contributed by atoms with Gasteiger partial charge in [0.15, 0.2) is 9.84 Å². The first kappa shape index (κ1) is 20.8. The van der Waals surface area contributed by atoms with Gasteiger partial charge < -0.3 is 5.32 Å². The smallest absolute Gasteiger partial charge is 0.251 e. The molecule has 4 aromatic rings. The van der Waals surface area contributed by atoms with Crippen LogP contribution >= 0.6 is 0 Å². The summed E-state index contributed by atoms with van der Waals surface area (Å²) in [6.45, 7) is 1.84. The molecule has 0 spiro atoms. The normalized spacial score (nSPS) is 12.4. The van der Waals surface area contributed by atoms with Crippen molar-refractivity contribution < 1.29 is 13.2 Å². The van der Waals surface area contributed by atoms with Gasteiger partial charge in [0.05, 0.1) is 4.90 Å². The maximum absolute atomic E-state index is 13.4. The fourth-order valence-corrected chi connectivity index (χ4v) is 5.21. The van der Waals surface area contributed by atoms with E-state index in [1.54, 1.807) is 48.7 Å². The number of fused-ring (bicyclic) bond motifs is 1. The van der Waals surface area contributed by atoms with Crippen LogP contribution in [-0.2, 0) is 9.84 Å². The molecule has 1 N–H and O–H groups in total. The number of amides is 1. The fourth-order valence-electron chi connectivity index (χ4n) is 3.57. The van der Waals surface area contributed by atoms with Gasteiger partial charge in [-0.3, -0.25) is 9.78 Å². The largest absolute Gasteiger partial charge is 0.350 e. The van der Waals surface area contributed by atoms with Crippen molar-refractivity contribution in [1.29, 1.82) is 0 Å². The van der Waals surface area contributed by atoms with E-state index in [1.807, 2.05) is 43.3 Å². The zero-order valence-corrected chi connectivity index (χ0v) is 17.8. The Labute approximate surface area is 181 Å². The molecule has 3 aromatic carbocycles. The van der Waals surface area contributed by atoms with Crippen molar-refractivity contribution in [1.82, 2.24) is 10.3 Å². The SMILES string of the molecule is Cc1ccc(S(=O)(=O)C(CNC(=O)c2cccc3ccccc23)c2cccnc2)cc1. The van der Waals surface area contributed by atoms with Crippen LogP contribution in [0.4, 0.5) is 0 Å². The third kappa shape index (κ3) is 4.34. The van der Waals surface area contributed by atoms with Gasteiger partial charge in [0.1, 0.15) is 5.25 Å². The van der Waals surface area contributed by atoms with Crippen LogP contribution in [0.1, 0.15) is 26.7 Å². The third-order valence-electron chi connectivity index (χ3n) is 5.26. The molecule has 1 amide bonds. The number of aromatic nitrogens is 1. The van der Waals surface area contributed by atoms with E-state index >= 15 is 0 Å². The van der Waals surface area contributed by atoms with Crippen molar-refractivity contribution in [2.45, 2.75) is 17.1 Å². The molecule has 1 unspecified atom stereocenters. The standard InChI is InChI=1S/C25H22N2O3S/c1-18-11-13-21(14-12-18)31(29,30)24(20-8-5-15-26-16-20)17-27-25(28)23-10-4-7-19-6-2-3-9-22(19)23/h2-16,24H,17H2,1H3,(H,27,28). The molecular formula is C25H22N2O3S. The molecule has 0 aliphatic carbocycles. The second-order valence-electron chi connectivity index (χ2n) is 7.37. The Kier molecular flexibility index (Phi) is 5.82. The molecule has 0 aliphatic rings. The minimum absolute atomic E-state index is 0.0655. The summed E-state index contributed by atoms with van der Waals surface area (Å²) in [5, 5.41) is 3.65. The van der Waals surface area contributed by atoms with E-state index in [9.17, 15) is 13.2 Å². The molecule has 1 aromatic heterocycles. The first-order valence-corrected chi connectivity index (χ1v) is 11.5. The van der Waals surface area contributed by atoms with E-state index in [0.29, 0.717) is 11.1 Å². The summed E-state index contributed by atoms with van der Waals surface area (Å²) in [5.74, 6) is -0.315. The van der Waals surface area contributed by atoms with Crippen LogP contribution in [0.25, 0.3) is 10.8 Å². The van der Waals surface area contributed by atoms with Crippen molar-refractivity contribution >= 4 is 26.5 Å². The van der Waals surface area contributed by atoms with Gasteiger partial charge in [0, 0.05) is 24.5 Å². The van der Waals surface area contributed by atoms with E-state index in [-0.39, 0.29) is 17.3 Å². The van der Waals surface area contributed by atoms with Crippen molar-refractivity contribution in [2.24, 2.45) is 0 Å². The van der Waals surface area contributed by atoms with E-state index in [4.69, 9.17) is 0 Å². The van der Waals surface area contributed by atoms with Gasteiger partial charge in [-0.1, -0.05) is 60.2 Å². The number of nitrogens with zero attached hydrogens (tertiary/aromatic N) is 1. The Morgan fingerprint density at radius 3 is 2.42 bits per heavy atom. The van der Waals surface area contributed by atoms with Crippen LogP contribution in [0.3, 0.4) is 0 Å². The quantitative estimate of drug-likeness (QED) is 0.489. The van der Waals surface area contributed by atoms with Gasteiger partial charge in [0.2, 0.25) is 0 Å². The molecule has 1 atom stereocenters. The molecule has 4 rings (SSSR count). The van der Waals surface area contributed by atoms with Gasteiger partial charge >= 0.3 is 0 Å². The van der Waals surface area contributed by atoms with Crippen molar-refractivity contribution in [3.05, 3.63) is 108 Å². The second-order valence-corrected chi connectivity index (χ2v) is 9.50. The zero-order valence-electron chi connectivity index (χ0n) is 17.0. The van der Waals surface area contributed by atoms with Crippen LogP contribution in [-0.4, -0.2) is 25.9 Å². The Hall–Kier alpha value is -3.51. The van der Waals surface area contributed by atoms with Gasteiger partial charge in [-0.15, -0.1) is 0 Å². The number of carbonyl (C=O) groups is 1. The summed E-state index contributed by atoms with van der Waals surface area (Å²) in [6.07, 6.45) is 3.12. The predicted molar refractivity (Wildman–Crippen MR) is 122 cm³/mol. The zero-order chi connectivity index (χ0) is 21.8. The number of pyridine rings is 1. The molecule has 0 aliphatic heterocycles. The summed E-state index contributed by atoms with van der Waals surface area (Å²) in [6, 6.07) is 23.2. The lowest BCUT2D eigenvalue weighted by Gasteiger charge is -2.19. The number of rotatable bonds is 6. The van der Waals surface area contributed by atoms with Crippen molar-refractivity contribution in [3.8, 4) is 0 Å². The highest BCUT2D eigenvalue weighted by molar-refractivity contribution is 7.91. The number of benzene rings is 3. The molecular weight excluding hydrogens is 408 g/mol. The Morgan fingerprint density at radius 2 is 1.68 bits per heavy atom. The minimum atomic E-state index is -3.75. The summed E-state index contributed by atoms with van der Waals surface area (Å²) < 4.78 is 26.9. The molecule has 1 heterocycles. The second kappa shape index (κ2) is 8.70. The number of hydrogen-bond donors (Lipinski definition) is 1. The molecule has 31 heavy (non-hydrogen) atoms. The fraction of sp³-hybridized carbons (Fsp3) is 0.120. The van der Waals surface area contributed by atoms with Crippen LogP contribution in [0.15, 0.2) is 96.2 Å². The predicted octanol–water partition coefficient (Wildman–Crippen LogP) is 4.49. The maximum atomic E-state index is 13.4. The number of aryl methyl sites for hydroxylation is 1. The third-order valence-corrected chi connectivity index (χ3v) is 7.38. The molecule has 0 saturated carbocycles. The number of carbonyl (C=O) groups excluding carboxylic acids is 1. The monoisotopic (exact) mass is 430 g/mol. The number of hydrogen-bond acceptors (Lipinski definition) is 4. The molecule has 6 heteroatoms. The summed E-state index contributed by atoms with van der Waals surface area (Å²) in [7, 11) is -3.75. The number of sulfone groups is 1. The lowest BCUT2D eigenvalue weighted by molar-refractivity contribution is 0.0955. The maximum Gasteiger partial charge on any atom is 0.251 e. The Balaban J connectivity index is 1.66. The highest BCUT2D eigenvalue weighted by atomic mass is 32.2. The summed E-state index contributed by atoms with van der Waals surface area (Å²) in [4.78, 5) is 17.3. The van der Waals surface area contributed by atoms with Crippen LogP contribution < -0.4 is 5.32 Å². The van der Waals surface area contributed by atoms with E-state index in [0.717, 1.165) is 16.3 Å². The average molecular weight is 431 g/mol. The number of nitrogens with one attached hydrogen (secondary N) is 1.